The van der Waals surface area contributed by atoms with Gasteiger partial charge in [-0.05, 0) is 18.8 Å². The first kappa shape index (κ1) is 13.3. The van der Waals surface area contributed by atoms with Crippen LogP contribution in [0, 0.1) is 5.92 Å². The van der Waals surface area contributed by atoms with E-state index in [0.29, 0.717) is 12.5 Å². The van der Waals surface area contributed by atoms with Gasteiger partial charge in [0.2, 0.25) is 0 Å². The molecule has 1 aliphatic carbocycles. The number of hydrogen-bond acceptors (Lipinski definition) is 3. The van der Waals surface area contributed by atoms with Crippen molar-refractivity contribution in [1.82, 2.24) is 5.32 Å². The summed E-state index contributed by atoms with van der Waals surface area (Å²) in [6, 6.07) is 0. The van der Waals surface area contributed by atoms with Crippen LogP contribution in [-0.2, 0) is 9.53 Å². The van der Waals surface area contributed by atoms with Crippen molar-refractivity contribution in [2.75, 3.05) is 19.7 Å². The van der Waals surface area contributed by atoms with Crippen LogP contribution in [0.15, 0.2) is 0 Å². The highest BCUT2D eigenvalue weighted by Gasteiger charge is 2.26. The number of hydrogen-bond donors (Lipinski definition) is 1. The first-order valence-electron chi connectivity index (χ1n) is 5.40. The third kappa shape index (κ3) is 5.95. The summed E-state index contributed by atoms with van der Waals surface area (Å²) in [6.45, 7) is -1.20. The summed E-state index contributed by atoms with van der Waals surface area (Å²) in [5, 5.41) is 2.00. The van der Waals surface area contributed by atoms with Gasteiger partial charge in [0.1, 0.15) is 0 Å². The molecule has 0 aromatic rings. The summed E-state index contributed by atoms with van der Waals surface area (Å²) in [6.07, 6.45) is 0.0985. The number of ether oxygens (including phenoxy) is 1. The molecule has 0 saturated heterocycles. The van der Waals surface area contributed by atoms with E-state index in [1.807, 2.05) is 5.32 Å². The molecule has 0 aromatic carbocycles. The lowest BCUT2D eigenvalue weighted by molar-refractivity contribution is -0.145. The van der Waals surface area contributed by atoms with Crippen LogP contribution in [0.25, 0.3) is 0 Å². The van der Waals surface area contributed by atoms with Crippen molar-refractivity contribution < 1.29 is 22.7 Å². The summed E-state index contributed by atoms with van der Waals surface area (Å²) in [7, 11) is 0. The Morgan fingerprint density at radius 3 is 2.50 bits per heavy atom. The van der Waals surface area contributed by atoms with Crippen LogP contribution < -0.4 is 5.32 Å². The van der Waals surface area contributed by atoms with E-state index < -0.39 is 18.7 Å². The normalized spacial score (nSPS) is 17.7. The molecule has 1 fully saturated rings. The van der Waals surface area contributed by atoms with Gasteiger partial charge in [-0.3, -0.25) is 10.1 Å². The molecule has 94 valence electrons. The van der Waals surface area contributed by atoms with Crippen LogP contribution in [0.2, 0.25) is 0 Å². The summed E-state index contributed by atoms with van der Waals surface area (Å²) in [4.78, 5) is 11.0. The second kappa shape index (κ2) is 6.08. The van der Waals surface area contributed by atoms with Crippen molar-refractivity contribution in [2.45, 2.75) is 31.9 Å². The van der Waals surface area contributed by atoms with E-state index in [4.69, 9.17) is 4.74 Å². The second-order valence-corrected chi connectivity index (χ2v) is 4.05. The standard InChI is InChI=1S/C10H16F3NO2/c11-10(12,13)7-14-5-9(15)16-6-8-3-1-2-4-8/h8,14H,1-7H2. The predicted octanol–water partition coefficient (Wildman–Crippen LogP) is 1.87. The van der Waals surface area contributed by atoms with E-state index >= 15 is 0 Å². The maximum Gasteiger partial charge on any atom is 0.401 e. The molecule has 1 aliphatic rings. The Hall–Kier alpha value is -0.780. The van der Waals surface area contributed by atoms with Crippen molar-refractivity contribution >= 4 is 5.97 Å². The van der Waals surface area contributed by atoms with Gasteiger partial charge in [-0.1, -0.05) is 12.8 Å². The van der Waals surface area contributed by atoms with Crippen LogP contribution in [-0.4, -0.2) is 31.8 Å². The summed E-state index contributed by atoms with van der Waals surface area (Å²) in [5.41, 5.74) is 0. The van der Waals surface area contributed by atoms with E-state index in [2.05, 4.69) is 0 Å². The van der Waals surface area contributed by atoms with Gasteiger partial charge in [0.15, 0.2) is 0 Å². The lowest BCUT2D eigenvalue weighted by Gasteiger charge is -2.11. The van der Waals surface area contributed by atoms with Crippen molar-refractivity contribution in [1.29, 1.82) is 0 Å². The fourth-order valence-electron chi connectivity index (χ4n) is 1.75. The largest absolute Gasteiger partial charge is 0.464 e. The fraction of sp³-hybridized carbons (Fsp3) is 0.900. The van der Waals surface area contributed by atoms with Gasteiger partial charge in [0.25, 0.3) is 0 Å². The molecule has 0 aromatic heterocycles. The van der Waals surface area contributed by atoms with Gasteiger partial charge < -0.3 is 4.74 Å². The minimum Gasteiger partial charge on any atom is -0.464 e. The third-order valence-corrected chi connectivity index (χ3v) is 2.55. The van der Waals surface area contributed by atoms with Gasteiger partial charge in [0, 0.05) is 0 Å². The van der Waals surface area contributed by atoms with Crippen LogP contribution in [0.4, 0.5) is 13.2 Å². The molecule has 0 heterocycles. The second-order valence-electron chi connectivity index (χ2n) is 4.05. The molecular formula is C10H16F3NO2. The van der Waals surface area contributed by atoms with E-state index in [1.54, 1.807) is 0 Å². The number of alkyl halides is 3. The maximum absolute atomic E-state index is 11.7. The SMILES string of the molecule is O=C(CNCC(F)(F)F)OCC1CCCC1. The number of carbonyl (C=O) groups excluding carboxylic acids is 1. The van der Waals surface area contributed by atoms with Crippen molar-refractivity contribution in [3.63, 3.8) is 0 Å². The highest BCUT2D eigenvalue weighted by atomic mass is 19.4. The van der Waals surface area contributed by atoms with E-state index in [1.165, 1.54) is 0 Å². The summed E-state index contributed by atoms with van der Waals surface area (Å²) in [5.74, 6) is -0.220. The fourth-order valence-corrected chi connectivity index (χ4v) is 1.75. The van der Waals surface area contributed by atoms with E-state index in [9.17, 15) is 18.0 Å². The number of esters is 1. The molecule has 1 rings (SSSR count). The number of halogens is 3. The molecule has 1 N–H and O–H groups in total. The number of carbonyl (C=O) groups is 1. The van der Waals surface area contributed by atoms with Crippen molar-refractivity contribution in [2.24, 2.45) is 5.92 Å². The lowest BCUT2D eigenvalue weighted by atomic mass is 10.1. The molecule has 3 nitrogen and oxygen atoms in total. The van der Waals surface area contributed by atoms with Gasteiger partial charge in [-0.15, -0.1) is 0 Å². The Labute approximate surface area is 92.3 Å². The molecular weight excluding hydrogens is 223 g/mol. The third-order valence-electron chi connectivity index (χ3n) is 2.55. The Morgan fingerprint density at radius 1 is 1.31 bits per heavy atom. The van der Waals surface area contributed by atoms with Gasteiger partial charge in [0.05, 0.1) is 19.7 Å². The zero-order chi connectivity index (χ0) is 12.0. The Kier molecular flexibility index (Phi) is 5.05. The first-order valence-corrected chi connectivity index (χ1v) is 5.40. The molecule has 0 bridgehead atoms. The average Bonchev–Trinajstić information content (AvgIpc) is 2.65. The molecule has 0 radical (unpaired) electrons. The van der Waals surface area contributed by atoms with Gasteiger partial charge in [-0.2, -0.15) is 13.2 Å². The number of rotatable bonds is 5. The average molecular weight is 239 g/mol. The molecule has 0 amide bonds. The van der Waals surface area contributed by atoms with E-state index in [-0.39, 0.29) is 6.54 Å². The van der Waals surface area contributed by atoms with Crippen LogP contribution in [0.5, 0.6) is 0 Å². The highest BCUT2D eigenvalue weighted by molar-refractivity contribution is 5.71. The molecule has 0 aliphatic heterocycles. The van der Waals surface area contributed by atoms with Crippen LogP contribution in [0.1, 0.15) is 25.7 Å². The monoisotopic (exact) mass is 239 g/mol. The minimum absolute atomic E-state index is 0.340. The first-order chi connectivity index (χ1) is 7.47. The topological polar surface area (TPSA) is 38.3 Å². The molecule has 16 heavy (non-hydrogen) atoms. The lowest BCUT2D eigenvalue weighted by Crippen LogP contribution is -2.33. The molecule has 1 saturated carbocycles. The molecule has 6 heteroatoms. The zero-order valence-corrected chi connectivity index (χ0v) is 8.98. The molecule has 0 atom stereocenters. The Balaban J connectivity index is 2.02. The Morgan fingerprint density at radius 2 is 1.94 bits per heavy atom. The molecule has 0 spiro atoms. The Bertz CT molecular complexity index is 225. The molecule has 0 unspecified atom stereocenters. The zero-order valence-electron chi connectivity index (χ0n) is 8.98. The summed E-state index contributed by atoms with van der Waals surface area (Å²) < 4.78 is 40.0. The maximum atomic E-state index is 11.7. The van der Waals surface area contributed by atoms with E-state index in [0.717, 1.165) is 25.7 Å². The minimum atomic E-state index is -4.29. The quantitative estimate of drug-likeness (QED) is 0.744. The van der Waals surface area contributed by atoms with Crippen molar-refractivity contribution in [3.8, 4) is 0 Å². The summed E-state index contributed by atoms with van der Waals surface area (Å²) >= 11 is 0. The van der Waals surface area contributed by atoms with Crippen molar-refractivity contribution in [3.05, 3.63) is 0 Å². The van der Waals surface area contributed by atoms with Gasteiger partial charge in [-0.25, -0.2) is 0 Å². The predicted molar refractivity (Wildman–Crippen MR) is 51.8 cm³/mol. The van der Waals surface area contributed by atoms with Crippen LogP contribution >= 0.6 is 0 Å². The van der Waals surface area contributed by atoms with Crippen LogP contribution in [0.3, 0.4) is 0 Å². The smallest absolute Gasteiger partial charge is 0.401 e. The highest BCUT2D eigenvalue weighted by Crippen LogP contribution is 2.24. The number of nitrogens with one attached hydrogen (secondary N) is 1. The van der Waals surface area contributed by atoms with Gasteiger partial charge >= 0.3 is 12.1 Å².